The Hall–Kier alpha value is -2.03. The summed E-state index contributed by atoms with van der Waals surface area (Å²) in [5.41, 5.74) is 7.47. The molecule has 0 aliphatic rings. The maximum atomic E-state index is 5.69. The summed E-state index contributed by atoms with van der Waals surface area (Å²) in [6, 6.07) is 11.4. The zero-order valence-corrected chi connectivity index (χ0v) is 9.18. The van der Waals surface area contributed by atoms with E-state index in [9.17, 15) is 0 Å². The summed E-state index contributed by atoms with van der Waals surface area (Å²) in [6.07, 6.45) is 2.57. The molecule has 0 bridgehead atoms. The van der Waals surface area contributed by atoms with Gasteiger partial charge in [-0.05, 0) is 24.1 Å². The van der Waals surface area contributed by atoms with Gasteiger partial charge in [0.25, 0.3) is 0 Å². The molecule has 0 fully saturated rings. The molecule has 0 amide bonds. The Bertz CT molecular complexity index is 483. The first-order chi connectivity index (χ1) is 7.79. The Morgan fingerprint density at radius 3 is 2.81 bits per heavy atom. The number of nitrogens with two attached hydrogens (primary N) is 1. The van der Waals surface area contributed by atoms with Crippen molar-refractivity contribution in [1.82, 2.24) is 4.98 Å². The maximum Gasteiger partial charge on any atom is 0.221 e. The van der Waals surface area contributed by atoms with Crippen LogP contribution >= 0.6 is 0 Å². The Kier molecular flexibility index (Phi) is 3.05. The second-order valence-electron chi connectivity index (χ2n) is 3.49. The number of para-hydroxylation sites is 1. The van der Waals surface area contributed by atoms with Crippen molar-refractivity contribution in [3.63, 3.8) is 0 Å². The Balaban J connectivity index is 2.26. The fraction of sp³-hybridized carbons (Fsp3) is 0.154. The van der Waals surface area contributed by atoms with Crippen LogP contribution in [0.15, 0.2) is 42.6 Å². The van der Waals surface area contributed by atoms with Crippen molar-refractivity contribution < 1.29 is 4.74 Å². The van der Waals surface area contributed by atoms with Crippen LogP contribution in [-0.4, -0.2) is 4.98 Å². The third kappa shape index (κ3) is 2.31. The minimum absolute atomic E-state index is 0.529. The first kappa shape index (κ1) is 10.5. The van der Waals surface area contributed by atoms with Gasteiger partial charge in [0.05, 0.1) is 0 Å². The molecule has 82 valence electrons. The van der Waals surface area contributed by atoms with E-state index < -0.39 is 0 Å². The van der Waals surface area contributed by atoms with Gasteiger partial charge in [0, 0.05) is 18.0 Å². The van der Waals surface area contributed by atoms with E-state index in [2.05, 4.69) is 11.9 Å². The minimum atomic E-state index is 0.529. The van der Waals surface area contributed by atoms with E-state index in [4.69, 9.17) is 10.5 Å². The summed E-state index contributed by atoms with van der Waals surface area (Å²) in [4.78, 5) is 4.11. The van der Waals surface area contributed by atoms with Crippen LogP contribution in [0.1, 0.15) is 12.5 Å². The average molecular weight is 214 g/mol. The zero-order valence-electron chi connectivity index (χ0n) is 9.18. The fourth-order valence-corrected chi connectivity index (χ4v) is 1.49. The van der Waals surface area contributed by atoms with Gasteiger partial charge in [0.2, 0.25) is 5.88 Å². The molecule has 0 aliphatic carbocycles. The molecular formula is C13H14N2O. The number of hydrogen-bond acceptors (Lipinski definition) is 3. The molecule has 1 heterocycles. The molecule has 3 heteroatoms. The van der Waals surface area contributed by atoms with Gasteiger partial charge in [-0.1, -0.05) is 25.1 Å². The lowest BCUT2D eigenvalue weighted by atomic mass is 10.1. The quantitative estimate of drug-likeness (QED) is 0.854. The van der Waals surface area contributed by atoms with Gasteiger partial charge in [0.1, 0.15) is 5.75 Å². The largest absolute Gasteiger partial charge is 0.439 e. The molecule has 0 radical (unpaired) electrons. The number of ether oxygens (including phenoxy) is 1. The highest BCUT2D eigenvalue weighted by atomic mass is 16.5. The molecule has 0 saturated carbocycles. The molecule has 3 nitrogen and oxygen atoms in total. The molecule has 2 N–H and O–H groups in total. The van der Waals surface area contributed by atoms with E-state index in [0.717, 1.165) is 17.7 Å². The molecule has 2 aromatic rings. The molecule has 16 heavy (non-hydrogen) atoms. The van der Waals surface area contributed by atoms with Crippen LogP contribution in [0.4, 0.5) is 5.69 Å². The molecule has 2 rings (SSSR count). The van der Waals surface area contributed by atoms with Gasteiger partial charge >= 0.3 is 0 Å². The monoisotopic (exact) mass is 214 g/mol. The SMILES string of the molecule is CCc1ccccc1Oc1cc(N)ccn1. The van der Waals surface area contributed by atoms with Crippen LogP contribution in [0.2, 0.25) is 0 Å². The predicted molar refractivity (Wildman–Crippen MR) is 64.5 cm³/mol. The van der Waals surface area contributed by atoms with Crippen molar-refractivity contribution in [3.05, 3.63) is 48.2 Å². The number of aryl methyl sites for hydroxylation is 1. The Morgan fingerprint density at radius 1 is 1.25 bits per heavy atom. The lowest BCUT2D eigenvalue weighted by Crippen LogP contribution is -1.93. The van der Waals surface area contributed by atoms with Crippen LogP contribution in [0.3, 0.4) is 0 Å². The van der Waals surface area contributed by atoms with Crippen molar-refractivity contribution in [2.75, 3.05) is 5.73 Å². The van der Waals surface area contributed by atoms with Crippen molar-refractivity contribution in [2.24, 2.45) is 0 Å². The number of hydrogen-bond donors (Lipinski definition) is 1. The van der Waals surface area contributed by atoms with Crippen LogP contribution in [0.25, 0.3) is 0 Å². The topological polar surface area (TPSA) is 48.1 Å². The van der Waals surface area contributed by atoms with Crippen molar-refractivity contribution >= 4 is 5.69 Å². The van der Waals surface area contributed by atoms with Crippen molar-refractivity contribution in [1.29, 1.82) is 0 Å². The number of pyridine rings is 1. The van der Waals surface area contributed by atoms with E-state index in [0.29, 0.717) is 11.6 Å². The number of anilines is 1. The highest BCUT2D eigenvalue weighted by Gasteiger charge is 2.03. The summed E-state index contributed by atoms with van der Waals surface area (Å²) in [6.45, 7) is 2.09. The normalized spacial score (nSPS) is 10.1. The second-order valence-corrected chi connectivity index (χ2v) is 3.49. The number of rotatable bonds is 3. The average Bonchev–Trinajstić information content (AvgIpc) is 2.30. The van der Waals surface area contributed by atoms with Crippen LogP contribution in [0.5, 0.6) is 11.6 Å². The lowest BCUT2D eigenvalue weighted by molar-refractivity contribution is 0.458. The standard InChI is InChI=1S/C13H14N2O/c1-2-10-5-3-4-6-12(10)16-13-9-11(14)7-8-15-13/h3-9H,2H2,1H3,(H2,14,15). The van der Waals surface area contributed by atoms with Crippen LogP contribution < -0.4 is 10.5 Å². The minimum Gasteiger partial charge on any atom is -0.439 e. The first-order valence-electron chi connectivity index (χ1n) is 5.27. The summed E-state index contributed by atoms with van der Waals surface area (Å²) in [5, 5.41) is 0. The van der Waals surface area contributed by atoms with E-state index in [-0.39, 0.29) is 0 Å². The smallest absolute Gasteiger partial charge is 0.221 e. The molecule has 1 aromatic heterocycles. The number of nitrogen functional groups attached to an aromatic ring is 1. The fourth-order valence-electron chi connectivity index (χ4n) is 1.49. The van der Waals surface area contributed by atoms with E-state index in [1.807, 2.05) is 24.3 Å². The summed E-state index contributed by atoms with van der Waals surface area (Å²) in [5.74, 6) is 1.36. The first-order valence-corrected chi connectivity index (χ1v) is 5.27. The van der Waals surface area contributed by atoms with Crippen molar-refractivity contribution in [3.8, 4) is 11.6 Å². The predicted octanol–water partition coefficient (Wildman–Crippen LogP) is 3.02. The zero-order chi connectivity index (χ0) is 11.4. The molecule has 0 aliphatic heterocycles. The van der Waals surface area contributed by atoms with Crippen LogP contribution in [-0.2, 0) is 6.42 Å². The van der Waals surface area contributed by atoms with E-state index >= 15 is 0 Å². The van der Waals surface area contributed by atoms with Gasteiger partial charge in [-0.2, -0.15) is 0 Å². The summed E-state index contributed by atoms with van der Waals surface area (Å²) >= 11 is 0. The highest BCUT2D eigenvalue weighted by Crippen LogP contribution is 2.24. The van der Waals surface area contributed by atoms with Gasteiger partial charge in [0.15, 0.2) is 0 Å². The van der Waals surface area contributed by atoms with Crippen molar-refractivity contribution in [2.45, 2.75) is 13.3 Å². The Labute approximate surface area is 94.9 Å². The lowest BCUT2D eigenvalue weighted by Gasteiger charge is -2.08. The van der Waals surface area contributed by atoms with Gasteiger partial charge in [-0.25, -0.2) is 4.98 Å². The summed E-state index contributed by atoms with van der Waals surface area (Å²) < 4.78 is 5.69. The van der Waals surface area contributed by atoms with Gasteiger partial charge in [-0.3, -0.25) is 0 Å². The van der Waals surface area contributed by atoms with Crippen LogP contribution in [0, 0.1) is 0 Å². The second kappa shape index (κ2) is 4.66. The molecule has 0 atom stereocenters. The summed E-state index contributed by atoms with van der Waals surface area (Å²) in [7, 11) is 0. The third-order valence-electron chi connectivity index (χ3n) is 2.33. The third-order valence-corrected chi connectivity index (χ3v) is 2.33. The number of benzene rings is 1. The van der Waals surface area contributed by atoms with Gasteiger partial charge in [-0.15, -0.1) is 0 Å². The van der Waals surface area contributed by atoms with E-state index in [1.54, 1.807) is 18.3 Å². The van der Waals surface area contributed by atoms with Gasteiger partial charge < -0.3 is 10.5 Å². The maximum absolute atomic E-state index is 5.69. The molecule has 0 unspecified atom stereocenters. The molecule has 0 saturated heterocycles. The number of aromatic nitrogens is 1. The molecule has 1 aromatic carbocycles. The molecule has 0 spiro atoms. The Morgan fingerprint density at radius 2 is 2.06 bits per heavy atom. The number of nitrogens with zero attached hydrogens (tertiary/aromatic N) is 1. The highest BCUT2D eigenvalue weighted by molar-refractivity contribution is 5.42. The van der Waals surface area contributed by atoms with E-state index in [1.165, 1.54) is 0 Å². The molecular weight excluding hydrogens is 200 g/mol.